The molecule has 0 fully saturated rings. The fourth-order valence-corrected chi connectivity index (χ4v) is 0.920. The van der Waals surface area contributed by atoms with E-state index in [9.17, 15) is 0 Å². The molecule has 0 atom stereocenters. The average molecular weight is 177 g/mol. The molecule has 0 aromatic carbocycles. The van der Waals surface area contributed by atoms with E-state index < -0.39 is 0 Å². The highest BCUT2D eigenvalue weighted by atomic mass is 14.7. The lowest BCUT2D eigenvalue weighted by Crippen LogP contribution is -1.88. The fourth-order valence-electron chi connectivity index (χ4n) is 0.920. The molecule has 0 aliphatic heterocycles. The first-order valence-electron chi connectivity index (χ1n) is 4.78. The third kappa shape index (κ3) is 8.88. The Morgan fingerprint density at radius 1 is 1.31 bits per heavy atom. The van der Waals surface area contributed by atoms with Gasteiger partial charge in [0.05, 0.1) is 0 Å². The number of aliphatic imine (C=N–C) groups is 1. The zero-order chi connectivity index (χ0) is 9.94. The molecule has 0 unspecified atom stereocenters. The van der Waals surface area contributed by atoms with Crippen molar-refractivity contribution in [2.24, 2.45) is 4.99 Å². The SMILES string of the molecule is CC#CCC/C=C/CCC(C)=NC. The second-order valence-corrected chi connectivity index (χ2v) is 2.93. The number of rotatable bonds is 5. The van der Waals surface area contributed by atoms with Crippen LogP contribution in [0.5, 0.6) is 0 Å². The van der Waals surface area contributed by atoms with Crippen LogP contribution in [-0.2, 0) is 0 Å². The molecule has 0 radical (unpaired) electrons. The molecular formula is C12H19N. The van der Waals surface area contributed by atoms with E-state index in [1.54, 1.807) is 0 Å². The van der Waals surface area contributed by atoms with Gasteiger partial charge in [-0.3, -0.25) is 4.99 Å². The van der Waals surface area contributed by atoms with Gasteiger partial charge in [-0.05, 0) is 33.1 Å². The molecule has 0 spiro atoms. The van der Waals surface area contributed by atoms with Crippen LogP contribution in [0, 0.1) is 11.8 Å². The van der Waals surface area contributed by atoms with Gasteiger partial charge < -0.3 is 0 Å². The van der Waals surface area contributed by atoms with Gasteiger partial charge in [-0.1, -0.05) is 12.2 Å². The van der Waals surface area contributed by atoms with E-state index in [1.807, 2.05) is 14.0 Å². The van der Waals surface area contributed by atoms with Gasteiger partial charge in [-0.25, -0.2) is 0 Å². The number of allylic oxidation sites excluding steroid dienone is 2. The van der Waals surface area contributed by atoms with E-state index in [4.69, 9.17) is 0 Å². The summed E-state index contributed by atoms with van der Waals surface area (Å²) < 4.78 is 0. The quantitative estimate of drug-likeness (QED) is 0.265. The highest BCUT2D eigenvalue weighted by Gasteiger charge is 1.85. The predicted octanol–water partition coefficient (Wildman–Crippen LogP) is 3.22. The van der Waals surface area contributed by atoms with E-state index in [2.05, 4.69) is 35.9 Å². The molecular weight excluding hydrogens is 158 g/mol. The molecule has 0 N–H and O–H groups in total. The monoisotopic (exact) mass is 177 g/mol. The normalized spacial score (nSPS) is 11.5. The van der Waals surface area contributed by atoms with Gasteiger partial charge in [-0.2, -0.15) is 0 Å². The molecule has 0 saturated heterocycles. The van der Waals surface area contributed by atoms with Crippen LogP contribution < -0.4 is 0 Å². The van der Waals surface area contributed by atoms with Gasteiger partial charge >= 0.3 is 0 Å². The zero-order valence-electron chi connectivity index (χ0n) is 8.93. The molecule has 0 aliphatic carbocycles. The number of hydrogen-bond donors (Lipinski definition) is 0. The molecule has 72 valence electrons. The summed E-state index contributed by atoms with van der Waals surface area (Å²) in [6.07, 6.45) is 8.64. The van der Waals surface area contributed by atoms with Crippen LogP contribution in [0.4, 0.5) is 0 Å². The lowest BCUT2D eigenvalue weighted by Gasteiger charge is -1.93. The molecule has 0 bridgehead atoms. The van der Waals surface area contributed by atoms with Gasteiger partial charge in [0.15, 0.2) is 0 Å². The summed E-state index contributed by atoms with van der Waals surface area (Å²) in [6.45, 7) is 3.95. The summed E-state index contributed by atoms with van der Waals surface area (Å²) in [7, 11) is 1.84. The van der Waals surface area contributed by atoms with Gasteiger partial charge in [-0.15, -0.1) is 11.8 Å². The van der Waals surface area contributed by atoms with Crippen LogP contribution in [0.3, 0.4) is 0 Å². The summed E-state index contributed by atoms with van der Waals surface area (Å²) in [5.74, 6) is 5.92. The van der Waals surface area contributed by atoms with Crippen molar-refractivity contribution in [1.82, 2.24) is 0 Å². The Hall–Kier alpha value is -1.03. The highest BCUT2D eigenvalue weighted by Crippen LogP contribution is 1.96. The van der Waals surface area contributed by atoms with Gasteiger partial charge in [0.25, 0.3) is 0 Å². The molecule has 0 saturated carbocycles. The molecule has 0 heterocycles. The maximum atomic E-state index is 4.10. The first kappa shape index (κ1) is 12.0. The Bertz CT molecular complexity index is 225. The molecule has 0 rings (SSSR count). The summed E-state index contributed by atoms with van der Waals surface area (Å²) in [5.41, 5.74) is 1.22. The van der Waals surface area contributed by atoms with E-state index in [0.29, 0.717) is 0 Å². The molecule has 0 aromatic heterocycles. The van der Waals surface area contributed by atoms with Crippen molar-refractivity contribution in [2.75, 3.05) is 7.05 Å². The van der Waals surface area contributed by atoms with Gasteiger partial charge in [0.2, 0.25) is 0 Å². The Kier molecular flexibility index (Phi) is 8.34. The third-order valence-electron chi connectivity index (χ3n) is 1.83. The minimum absolute atomic E-state index is 0.980. The van der Waals surface area contributed by atoms with Crippen molar-refractivity contribution in [3.8, 4) is 11.8 Å². The Morgan fingerprint density at radius 3 is 2.62 bits per heavy atom. The fraction of sp³-hybridized carbons (Fsp3) is 0.583. The minimum Gasteiger partial charge on any atom is -0.298 e. The zero-order valence-corrected chi connectivity index (χ0v) is 8.93. The first-order chi connectivity index (χ1) is 6.31. The third-order valence-corrected chi connectivity index (χ3v) is 1.83. The molecule has 0 amide bonds. The minimum atomic E-state index is 0.980. The summed E-state index contributed by atoms with van der Waals surface area (Å²) in [5, 5.41) is 0. The molecule has 0 aromatic rings. The van der Waals surface area contributed by atoms with Crippen LogP contribution in [0.25, 0.3) is 0 Å². The van der Waals surface area contributed by atoms with Crippen molar-refractivity contribution in [1.29, 1.82) is 0 Å². The second kappa shape index (κ2) is 9.06. The molecule has 1 heteroatoms. The van der Waals surface area contributed by atoms with Crippen molar-refractivity contribution in [3.05, 3.63) is 12.2 Å². The van der Waals surface area contributed by atoms with Crippen molar-refractivity contribution in [3.63, 3.8) is 0 Å². The van der Waals surface area contributed by atoms with Crippen molar-refractivity contribution >= 4 is 5.71 Å². The Labute approximate surface area is 82.0 Å². The Morgan fingerprint density at radius 2 is 2.00 bits per heavy atom. The predicted molar refractivity (Wildman–Crippen MR) is 60.1 cm³/mol. The van der Waals surface area contributed by atoms with E-state index in [1.165, 1.54) is 5.71 Å². The van der Waals surface area contributed by atoms with Crippen molar-refractivity contribution < 1.29 is 0 Å². The molecule has 0 aliphatic rings. The van der Waals surface area contributed by atoms with E-state index in [-0.39, 0.29) is 0 Å². The summed E-state index contributed by atoms with van der Waals surface area (Å²) in [4.78, 5) is 4.10. The standard InChI is InChI=1S/C12H19N/c1-4-5-6-7-8-9-10-11-12(2)13-3/h8-9H,6-7,10-11H2,1-3H3/b9-8+,13-12?. The van der Waals surface area contributed by atoms with Crippen molar-refractivity contribution in [2.45, 2.75) is 39.5 Å². The maximum absolute atomic E-state index is 4.10. The lowest BCUT2D eigenvalue weighted by atomic mass is 10.2. The Balaban J connectivity index is 3.35. The summed E-state index contributed by atoms with van der Waals surface area (Å²) in [6, 6.07) is 0. The largest absolute Gasteiger partial charge is 0.298 e. The van der Waals surface area contributed by atoms with Crippen LogP contribution in [0.2, 0.25) is 0 Å². The number of nitrogens with zero attached hydrogens (tertiary/aromatic N) is 1. The summed E-state index contributed by atoms with van der Waals surface area (Å²) >= 11 is 0. The average Bonchev–Trinajstić information content (AvgIpc) is 2.16. The van der Waals surface area contributed by atoms with Crippen LogP contribution in [0.15, 0.2) is 17.1 Å². The number of hydrogen-bond acceptors (Lipinski definition) is 1. The molecule has 1 nitrogen and oxygen atoms in total. The van der Waals surface area contributed by atoms with E-state index in [0.717, 1.165) is 25.7 Å². The second-order valence-electron chi connectivity index (χ2n) is 2.93. The van der Waals surface area contributed by atoms with Crippen LogP contribution >= 0.6 is 0 Å². The van der Waals surface area contributed by atoms with Crippen LogP contribution in [0.1, 0.15) is 39.5 Å². The first-order valence-corrected chi connectivity index (χ1v) is 4.78. The van der Waals surface area contributed by atoms with E-state index >= 15 is 0 Å². The van der Waals surface area contributed by atoms with Crippen LogP contribution in [-0.4, -0.2) is 12.8 Å². The lowest BCUT2D eigenvalue weighted by molar-refractivity contribution is 1.03. The maximum Gasteiger partial charge on any atom is 0.0276 e. The highest BCUT2D eigenvalue weighted by molar-refractivity contribution is 5.81. The molecule has 13 heavy (non-hydrogen) atoms. The van der Waals surface area contributed by atoms with Gasteiger partial charge in [0, 0.05) is 19.2 Å². The number of unbranched alkanes of at least 4 members (excludes halogenated alkanes) is 1. The van der Waals surface area contributed by atoms with Gasteiger partial charge in [0.1, 0.15) is 0 Å². The smallest absolute Gasteiger partial charge is 0.0276 e. The topological polar surface area (TPSA) is 12.4 Å².